The van der Waals surface area contributed by atoms with E-state index in [1.165, 1.54) is 0 Å². The van der Waals surface area contributed by atoms with E-state index >= 15 is 0 Å². The van der Waals surface area contributed by atoms with E-state index in [9.17, 15) is 36.9 Å². The number of nitrogens with one attached hydrogen (secondary N) is 2. The first kappa shape index (κ1) is 37.0. The summed E-state index contributed by atoms with van der Waals surface area (Å²) >= 11 is 0. The number of benzene rings is 2. The van der Waals surface area contributed by atoms with Crippen molar-refractivity contribution < 1.29 is 80.8 Å². The molecular weight excluding hydrogens is 633 g/mol. The maximum atomic E-state index is 12.9. The van der Waals surface area contributed by atoms with E-state index in [0.29, 0.717) is 6.42 Å². The fourth-order valence-electron chi connectivity index (χ4n) is 5.07. The third kappa shape index (κ3) is 9.28. The van der Waals surface area contributed by atoms with Crippen LogP contribution in [0.15, 0.2) is 48.5 Å². The van der Waals surface area contributed by atoms with E-state index in [1.807, 2.05) is 48.5 Å². The van der Waals surface area contributed by atoms with Gasteiger partial charge in [-0.05, 0) is 62.3 Å². The minimum atomic E-state index is -5.16. The van der Waals surface area contributed by atoms with Crippen LogP contribution in [0.5, 0.6) is 0 Å². The Morgan fingerprint density at radius 3 is 2.11 bits per heavy atom. The summed E-state index contributed by atoms with van der Waals surface area (Å²) in [5.41, 5.74) is 3.43. The molecule has 0 bridgehead atoms. The van der Waals surface area contributed by atoms with Gasteiger partial charge in [0.2, 0.25) is 0 Å². The first-order chi connectivity index (χ1) is 21.2. The largest absolute Gasteiger partial charge is 1.00 e. The number of hydrogen-bond donors (Lipinski definition) is 2. The molecule has 4 rings (SSSR count). The number of carbonyl (C=O) groups is 5. The Kier molecular flexibility index (Phi) is 12.4. The Balaban J connectivity index is 0.00000576. The van der Waals surface area contributed by atoms with E-state index in [-0.39, 0.29) is 66.5 Å². The zero-order valence-electron chi connectivity index (χ0n) is 25.9. The Morgan fingerprint density at radius 1 is 0.978 bits per heavy atom. The van der Waals surface area contributed by atoms with E-state index in [2.05, 4.69) is 10.6 Å². The van der Waals surface area contributed by atoms with Crippen molar-refractivity contribution >= 4 is 40.1 Å². The Labute approximate surface area is 288 Å². The third-order valence-corrected chi connectivity index (χ3v) is 8.17. The van der Waals surface area contributed by atoms with Gasteiger partial charge in [-0.25, -0.2) is 22.8 Å². The topological polar surface area (TPSA) is 198 Å². The molecule has 16 heteroatoms. The predicted octanol–water partition coefficient (Wildman–Crippen LogP) is -0.276. The molecule has 0 saturated carbocycles. The summed E-state index contributed by atoms with van der Waals surface area (Å²) in [6.45, 7) is 5.09. The molecule has 2 aromatic rings. The molecule has 0 radical (unpaired) electrons. The molecule has 1 saturated heterocycles. The van der Waals surface area contributed by atoms with Gasteiger partial charge in [-0.3, -0.25) is 9.59 Å². The Morgan fingerprint density at radius 2 is 1.57 bits per heavy atom. The number of rotatable bonds is 11. The van der Waals surface area contributed by atoms with Crippen molar-refractivity contribution in [3.8, 4) is 11.1 Å². The first-order valence-corrected chi connectivity index (χ1v) is 15.7. The molecule has 0 aromatic heterocycles. The molecule has 2 unspecified atom stereocenters. The molecule has 1 heterocycles. The summed E-state index contributed by atoms with van der Waals surface area (Å²) < 4.78 is 44.5. The maximum Gasteiger partial charge on any atom is 1.00 e. The van der Waals surface area contributed by atoms with Crippen LogP contribution in [0.1, 0.15) is 63.5 Å². The molecule has 1 fully saturated rings. The fraction of sp³-hybridized carbons (Fsp3) is 0.433. The third-order valence-electron chi connectivity index (χ3n) is 7.10. The number of hydroxylamine groups is 2. The van der Waals surface area contributed by atoms with Crippen molar-refractivity contribution in [2.75, 3.05) is 13.2 Å². The number of carbonyl (C=O) groups excluding carboxylic acids is 5. The van der Waals surface area contributed by atoms with Gasteiger partial charge < -0.3 is 29.5 Å². The molecule has 4 amide bonds. The van der Waals surface area contributed by atoms with Gasteiger partial charge in [-0.15, -0.1) is 5.06 Å². The number of ether oxygens (including phenoxy) is 2. The van der Waals surface area contributed by atoms with Crippen molar-refractivity contribution in [2.24, 2.45) is 0 Å². The zero-order valence-corrected chi connectivity index (χ0v) is 28.8. The summed E-state index contributed by atoms with van der Waals surface area (Å²) in [6.07, 6.45) is -2.07. The van der Waals surface area contributed by atoms with Crippen LogP contribution in [-0.4, -0.2) is 78.0 Å². The average Bonchev–Trinajstić information content (AvgIpc) is 3.43. The summed E-state index contributed by atoms with van der Waals surface area (Å²) in [5.74, 6) is -4.05. The number of unbranched alkanes of at least 4 members (excludes halogenated alkanes) is 1. The monoisotopic (exact) mass is 667 g/mol. The first-order valence-electron chi connectivity index (χ1n) is 14.3. The molecule has 14 nitrogen and oxygen atoms in total. The fourth-order valence-corrected chi connectivity index (χ4v) is 5.76. The van der Waals surface area contributed by atoms with Crippen molar-refractivity contribution in [2.45, 2.75) is 69.3 Å². The Bertz CT molecular complexity index is 1550. The van der Waals surface area contributed by atoms with Crippen molar-refractivity contribution in [3.63, 3.8) is 0 Å². The Hall–Kier alpha value is -3.50. The molecule has 0 spiro atoms. The minimum absolute atomic E-state index is 0. The predicted molar refractivity (Wildman–Crippen MR) is 156 cm³/mol. The van der Waals surface area contributed by atoms with Crippen molar-refractivity contribution in [1.29, 1.82) is 0 Å². The van der Waals surface area contributed by atoms with Crippen LogP contribution in [0, 0.1) is 0 Å². The summed E-state index contributed by atoms with van der Waals surface area (Å²) in [5, 5.41) is 2.67. The second-order valence-corrected chi connectivity index (χ2v) is 13.1. The van der Waals surface area contributed by atoms with Gasteiger partial charge in [0.05, 0.1) is 6.42 Å². The van der Waals surface area contributed by atoms with Crippen molar-refractivity contribution in [1.82, 2.24) is 15.7 Å². The van der Waals surface area contributed by atoms with Crippen LogP contribution >= 0.6 is 0 Å². The number of alkyl carbamates (subject to hydrolysis) is 2. The van der Waals surface area contributed by atoms with Crippen molar-refractivity contribution in [3.05, 3.63) is 59.7 Å². The van der Waals surface area contributed by atoms with Gasteiger partial charge in [0, 0.05) is 12.5 Å². The zero-order chi connectivity index (χ0) is 32.9. The smallest absolute Gasteiger partial charge is 0.747 e. The normalized spacial score (nSPS) is 16.5. The summed E-state index contributed by atoms with van der Waals surface area (Å²) in [6, 6.07) is 14.5. The SMILES string of the molecule is CC(C)(C)OC(=O)NC(CCCCNC(=O)OCC1c2ccccc2-c2ccccc21)C(=O)ON1C(=O)CC(S(=O)(=O)[O-])C1=O.[Na+]. The molecule has 1 aliphatic carbocycles. The van der Waals surface area contributed by atoms with Gasteiger partial charge in [-0.1, -0.05) is 48.5 Å². The van der Waals surface area contributed by atoms with Crippen LogP contribution in [0.4, 0.5) is 9.59 Å². The molecule has 1 aliphatic heterocycles. The van der Waals surface area contributed by atoms with E-state index in [1.54, 1.807) is 20.8 Å². The van der Waals surface area contributed by atoms with Gasteiger partial charge in [0.25, 0.3) is 11.8 Å². The number of imide groups is 1. The number of amides is 4. The van der Waals surface area contributed by atoms with Crippen LogP contribution < -0.4 is 40.2 Å². The number of fused-ring (bicyclic) bond motifs is 3. The molecule has 2 atom stereocenters. The average molecular weight is 668 g/mol. The van der Waals surface area contributed by atoms with Gasteiger partial charge in [0.1, 0.15) is 33.6 Å². The van der Waals surface area contributed by atoms with Crippen LogP contribution in [-0.2, 0) is 38.8 Å². The summed E-state index contributed by atoms with van der Waals surface area (Å²) in [7, 11) is -5.16. The second-order valence-electron chi connectivity index (χ2n) is 11.6. The molecule has 46 heavy (non-hydrogen) atoms. The molecule has 2 N–H and O–H groups in total. The quantitative estimate of drug-likeness (QED) is 0.138. The van der Waals surface area contributed by atoms with Gasteiger partial charge in [0.15, 0.2) is 0 Å². The maximum absolute atomic E-state index is 12.9. The molecule has 2 aliphatic rings. The van der Waals surface area contributed by atoms with E-state index in [0.717, 1.165) is 22.3 Å². The summed E-state index contributed by atoms with van der Waals surface area (Å²) in [4.78, 5) is 66.8. The number of nitrogens with zero attached hydrogens (tertiary/aromatic N) is 1. The molecule has 2 aromatic carbocycles. The molecule has 242 valence electrons. The van der Waals surface area contributed by atoms with E-state index in [4.69, 9.17) is 14.3 Å². The number of hydrogen-bond acceptors (Lipinski definition) is 11. The van der Waals surface area contributed by atoms with Gasteiger partial charge >= 0.3 is 47.7 Å². The minimum Gasteiger partial charge on any atom is -0.747 e. The van der Waals surface area contributed by atoms with Crippen LogP contribution in [0.2, 0.25) is 0 Å². The molecular formula is C30H34N3NaO11S. The second kappa shape index (κ2) is 15.4. The standard InChI is InChI=1S/C30H35N3O11S.Na/c1-30(2,3)43-29(38)32-23(27(36)44-33-25(34)16-24(26(33)35)45(39,40)41)14-8-9-15-31-28(37)42-17-22-20-12-6-4-10-18(20)19-11-5-7-13-21(19)22;/h4-7,10-13,22-24H,8-9,14-17H2,1-3H3,(H,31,37)(H,32,38)(H,39,40,41);/q;+1/p-1. The van der Waals surface area contributed by atoms with Crippen LogP contribution in [0.25, 0.3) is 11.1 Å². The van der Waals surface area contributed by atoms with Crippen LogP contribution in [0.3, 0.4) is 0 Å². The van der Waals surface area contributed by atoms with E-state index < -0.39 is 63.4 Å². The van der Waals surface area contributed by atoms with Gasteiger partial charge in [-0.2, -0.15) is 0 Å².